The van der Waals surface area contributed by atoms with Crippen molar-refractivity contribution in [2.24, 2.45) is 5.92 Å². The highest BCUT2D eigenvalue weighted by Gasteiger charge is 2.30. The van der Waals surface area contributed by atoms with Crippen LogP contribution in [0.1, 0.15) is 38.7 Å². The van der Waals surface area contributed by atoms with Crippen molar-refractivity contribution < 1.29 is 28.3 Å². The predicted molar refractivity (Wildman–Crippen MR) is 109 cm³/mol. The van der Waals surface area contributed by atoms with Crippen LogP contribution in [0.2, 0.25) is 0 Å². The van der Waals surface area contributed by atoms with E-state index in [1.165, 1.54) is 7.05 Å². The number of carbonyl (C=O) groups excluding carboxylic acids is 4. The second-order valence-electron chi connectivity index (χ2n) is 6.94. The molecule has 0 bridgehead atoms. The summed E-state index contributed by atoms with van der Waals surface area (Å²) in [7, 11) is 1.44. The van der Waals surface area contributed by atoms with E-state index in [1.54, 1.807) is 19.1 Å². The highest BCUT2D eigenvalue weighted by atomic mass is 19.1. The van der Waals surface area contributed by atoms with Crippen LogP contribution in [0.25, 0.3) is 0 Å². The van der Waals surface area contributed by atoms with Gasteiger partial charge in [0.2, 0.25) is 11.8 Å². The number of ether oxygens (including phenoxy) is 1. The van der Waals surface area contributed by atoms with Gasteiger partial charge in [-0.05, 0) is 17.9 Å². The standard InChI is InChI=1S/C21H30FN3O5/c1-4-14(2)19(25-21(29)30-13-15-8-6-5-7-9-15)20(28)24-16(17(26)12-22)10-11-18(27)23-3/h5-9,14,16,19H,4,10-13H2,1-3H3,(H,23,27)(H,24,28)(H,25,29)/t14-,16?,19-/m0/s1. The molecule has 0 aliphatic heterocycles. The number of alkyl carbamates (subject to hydrolysis) is 1. The van der Waals surface area contributed by atoms with Gasteiger partial charge in [-0.1, -0.05) is 50.6 Å². The number of rotatable bonds is 12. The van der Waals surface area contributed by atoms with Crippen LogP contribution in [0.15, 0.2) is 30.3 Å². The molecule has 3 atom stereocenters. The highest BCUT2D eigenvalue weighted by Crippen LogP contribution is 2.11. The van der Waals surface area contributed by atoms with Gasteiger partial charge in [0.1, 0.15) is 19.3 Å². The summed E-state index contributed by atoms with van der Waals surface area (Å²) in [6.45, 7) is 2.38. The van der Waals surface area contributed by atoms with Crippen LogP contribution in [-0.4, -0.2) is 49.5 Å². The molecule has 9 heteroatoms. The molecule has 0 aliphatic carbocycles. The van der Waals surface area contributed by atoms with E-state index < -0.39 is 36.5 Å². The van der Waals surface area contributed by atoms with Crippen LogP contribution in [0, 0.1) is 5.92 Å². The van der Waals surface area contributed by atoms with Crippen molar-refractivity contribution >= 4 is 23.7 Å². The number of hydrogen-bond acceptors (Lipinski definition) is 5. The van der Waals surface area contributed by atoms with Crippen LogP contribution in [0.3, 0.4) is 0 Å². The van der Waals surface area contributed by atoms with Crippen molar-refractivity contribution in [1.82, 2.24) is 16.0 Å². The number of alkyl halides is 1. The van der Waals surface area contributed by atoms with Gasteiger partial charge in [-0.2, -0.15) is 0 Å². The maximum atomic E-state index is 12.9. The van der Waals surface area contributed by atoms with Crippen molar-refractivity contribution in [3.05, 3.63) is 35.9 Å². The molecule has 0 fully saturated rings. The average Bonchev–Trinajstić information content (AvgIpc) is 2.77. The normalized spacial score (nSPS) is 13.5. The van der Waals surface area contributed by atoms with E-state index in [4.69, 9.17) is 4.74 Å². The lowest BCUT2D eigenvalue weighted by molar-refractivity contribution is -0.130. The summed E-state index contributed by atoms with van der Waals surface area (Å²) in [6.07, 6.45) is -0.303. The third-order valence-electron chi connectivity index (χ3n) is 4.76. The number of carbonyl (C=O) groups is 4. The molecule has 0 saturated heterocycles. The average molecular weight is 423 g/mol. The zero-order valence-corrected chi connectivity index (χ0v) is 17.6. The fourth-order valence-corrected chi connectivity index (χ4v) is 2.66. The Morgan fingerprint density at radius 1 is 1.10 bits per heavy atom. The van der Waals surface area contributed by atoms with E-state index in [0.717, 1.165) is 5.56 Å². The first-order valence-corrected chi connectivity index (χ1v) is 9.89. The van der Waals surface area contributed by atoms with E-state index >= 15 is 0 Å². The molecular weight excluding hydrogens is 393 g/mol. The monoisotopic (exact) mass is 423 g/mol. The number of ketones is 1. The molecule has 1 unspecified atom stereocenters. The molecule has 0 heterocycles. The van der Waals surface area contributed by atoms with Gasteiger partial charge in [0.05, 0.1) is 6.04 Å². The SMILES string of the molecule is CC[C@H](C)[C@H](NC(=O)OCc1ccccc1)C(=O)NC(CCC(=O)NC)C(=O)CF. The number of hydrogen-bond donors (Lipinski definition) is 3. The quantitative estimate of drug-likeness (QED) is 0.475. The summed E-state index contributed by atoms with van der Waals surface area (Å²) in [5, 5.41) is 7.39. The van der Waals surface area contributed by atoms with Gasteiger partial charge < -0.3 is 20.7 Å². The number of benzene rings is 1. The lowest BCUT2D eigenvalue weighted by atomic mass is 9.97. The Bertz CT molecular complexity index is 714. The Hall–Kier alpha value is -2.97. The molecule has 0 spiro atoms. The Kier molecular flexibility index (Phi) is 11.1. The van der Waals surface area contributed by atoms with E-state index in [0.29, 0.717) is 6.42 Å². The molecule has 0 aromatic heterocycles. The van der Waals surface area contributed by atoms with Crippen LogP contribution in [0.5, 0.6) is 0 Å². The van der Waals surface area contributed by atoms with Crippen molar-refractivity contribution in [1.29, 1.82) is 0 Å². The molecule has 0 saturated carbocycles. The summed E-state index contributed by atoms with van der Waals surface area (Å²) in [5.41, 5.74) is 0.792. The Labute approximate surface area is 175 Å². The number of amides is 3. The molecule has 1 aromatic carbocycles. The third kappa shape index (κ3) is 8.59. The minimum atomic E-state index is -1.26. The van der Waals surface area contributed by atoms with E-state index in [-0.39, 0.29) is 31.3 Å². The van der Waals surface area contributed by atoms with Crippen LogP contribution < -0.4 is 16.0 Å². The van der Waals surface area contributed by atoms with Gasteiger partial charge in [0.25, 0.3) is 0 Å². The predicted octanol–water partition coefficient (Wildman–Crippen LogP) is 1.88. The molecule has 0 aliphatic rings. The molecule has 1 aromatic rings. The number of nitrogens with one attached hydrogen (secondary N) is 3. The van der Waals surface area contributed by atoms with Gasteiger partial charge in [-0.3, -0.25) is 14.4 Å². The van der Waals surface area contributed by atoms with Crippen LogP contribution in [-0.2, 0) is 25.7 Å². The first-order valence-electron chi connectivity index (χ1n) is 9.89. The molecule has 3 N–H and O–H groups in total. The van der Waals surface area contributed by atoms with Gasteiger partial charge in [-0.15, -0.1) is 0 Å². The largest absolute Gasteiger partial charge is 0.445 e. The first-order chi connectivity index (χ1) is 14.3. The topological polar surface area (TPSA) is 114 Å². The summed E-state index contributed by atoms with van der Waals surface area (Å²) in [6, 6.07) is 6.92. The van der Waals surface area contributed by atoms with Crippen molar-refractivity contribution in [2.45, 2.75) is 51.8 Å². The Morgan fingerprint density at radius 2 is 1.77 bits per heavy atom. The summed E-state index contributed by atoms with van der Waals surface area (Å²) >= 11 is 0. The minimum absolute atomic E-state index is 0.0383. The molecular formula is C21H30FN3O5. The lowest BCUT2D eigenvalue weighted by Gasteiger charge is -2.25. The highest BCUT2D eigenvalue weighted by molar-refractivity contribution is 5.93. The Morgan fingerprint density at radius 3 is 2.33 bits per heavy atom. The second-order valence-corrected chi connectivity index (χ2v) is 6.94. The molecule has 166 valence electrons. The second kappa shape index (κ2) is 13.3. The molecule has 3 amide bonds. The summed E-state index contributed by atoms with van der Waals surface area (Å²) in [5.74, 6) is -2.07. The lowest BCUT2D eigenvalue weighted by Crippen LogP contribution is -2.54. The number of halogens is 1. The van der Waals surface area contributed by atoms with Crippen molar-refractivity contribution in [3.8, 4) is 0 Å². The van der Waals surface area contributed by atoms with Crippen molar-refractivity contribution in [3.63, 3.8) is 0 Å². The smallest absolute Gasteiger partial charge is 0.408 e. The molecule has 0 radical (unpaired) electrons. The zero-order valence-electron chi connectivity index (χ0n) is 17.6. The molecule has 30 heavy (non-hydrogen) atoms. The van der Waals surface area contributed by atoms with Crippen LogP contribution in [0.4, 0.5) is 9.18 Å². The maximum absolute atomic E-state index is 12.9. The van der Waals surface area contributed by atoms with E-state index in [2.05, 4.69) is 16.0 Å². The third-order valence-corrected chi connectivity index (χ3v) is 4.76. The van der Waals surface area contributed by atoms with Crippen molar-refractivity contribution in [2.75, 3.05) is 13.7 Å². The van der Waals surface area contributed by atoms with Gasteiger partial charge >= 0.3 is 6.09 Å². The number of Topliss-reactive ketones (excluding diaryl/α,β-unsaturated/α-hetero) is 1. The van der Waals surface area contributed by atoms with Gasteiger partial charge in [0.15, 0.2) is 5.78 Å². The summed E-state index contributed by atoms with van der Waals surface area (Å²) < 4.78 is 18.1. The fraction of sp³-hybridized carbons (Fsp3) is 0.524. The van der Waals surface area contributed by atoms with Crippen LogP contribution >= 0.6 is 0 Å². The maximum Gasteiger partial charge on any atom is 0.408 e. The fourth-order valence-electron chi connectivity index (χ4n) is 2.66. The molecule has 1 rings (SSSR count). The molecule has 8 nitrogen and oxygen atoms in total. The Balaban J connectivity index is 2.76. The van der Waals surface area contributed by atoms with E-state index in [9.17, 15) is 23.6 Å². The zero-order chi connectivity index (χ0) is 22.5. The van der Waals surface area contributed by atoms with E-state index in [1.807, 2.05) is 25.1 Å². The van der Waals surface area contributed by atoms with Gasteiger partial charge in [-0.25, -0.2) is 9.18 Å². The van der Waals surface area contributed by atoms with Gasteiger partial charge in [0, 0.05) is 13.5 Å². The first kappa shape index (κ1) is 25.1. The minimum Gasteiger partial charge on any atom is -0.445 e. The summed E-state index contributed by atoms with van der Waals surface area (Å²) in [4.78, 5) is 48.2.